The highest BCUT2D eigenvalue weighted by atomic mass is 16.6. The van der Waals surface area contributed by atoms with Crippen molar-refractivity contribution >= 4 is 11.5 Å². The molecule has 0 bridgehead atoms. The second kappa shape index (κ2) is 6.76. The summed E-state index contributed by atoms with van der Waals surface area (Å²) in [5, 5.41) is 10.8. The van der Waals surface area contributed by atoms with Crippen LogP contribution < -0.4 is 4.90 Å². The maximum Gasteiger partial charge on any atom is 0.269 e. The first-order valence-corrected chi connectivity index (χ1v) is 8.39. The van der Waals surface area contributed by atoms with Crippen molar-refractivity contribution in [2.75, 3.05) is 24.6 Å². The minimum absolute atomic E-state index is 0.0588. The number of anilines is 1. The molecule has 7 nitrogen and oxygen atoms in total. The monoisotopic (exact) mass is 342 g/mol. The summed E-state index contributed by atoms with van der Waals surface area (Å²) in [5.74, 6) is 1.44. The van der Waals surface area contributed by atoms with Crippen molar-refractivity contribution < 1.29 is 9.66 Å². The van der Waals surface area contributed by atoms with E-state index >= 15 is 0 Å². The summed E-state index contributed by atoms with van der Waals surface area (Å²) >= 11 is 0. The third-order valence-corrected chi connectivity index (χ3v) is 4.59. The Morgan fingerprint density at radius 1 is 1.32 bits per heavy atom. The quantitative estimate of drug-likeness (QED) is 0.626. The number of nitrogens with zero attached hydrogens (tertiary/aromatic N) is 4. The zero-order chi connectivity index (χ0) is 18.0. The van der Waals surface area contributed by atoms with Gasteiger partial charge < -0.3 is 9.64 Å². The predicted molar refractivity (Wildman–Crippen MR) is 95.7 cm³/mol. The Bertz CT molecular complexity index is 778. The van der Waals surface area contributed by atoms with Gasteiger partial charge in [0, 0.05) is 42.5 Å². The first kappa shape index (κ1) is 17.3. The normalized spacial score (nSPS) is 20.5. The van der Waals surface area contributed by atoms with Gasteiger partial charge in [0.2, 0.25) is 0 Å². The van der Waals surface area contributed by atoms with E-state index in [1.165, 1.54) is 12.1 Å². The van der Waals surface area contributed by atoms with E-state index in [1.807, 2.05) is 13.0 Å². The van der Waals surface area contributed by atoms with Crippen LogP contribution in [0, 0.1) is 17.0 Å². The van der Waals surface area contributed by atoms with Gasteiger partial charge in [-0.1, -0.05) is 6.92 Å². The fourth-order valence-electron chi connectivity index (χ4n) is 2.92. The Labute approximate surface area is 146 Å². The van der Waals surface area contributed by atoms with Crippen LogP contribution in [-0.4, -0.2) is 40.2 Å². The van der Waals surface area contributed by atoms with Crippen molar-refractivity contribution in [1.29, 1.82) is 0 Å². The summed E-state index contributed by atoms with van der Waals surface area (Å²) in [5.41, 5.74) is 1.51. The second-order valence-electron chi connectivity index (χ2n) is 6.57. The van der Waals surface area contributed by atoms with Crippen LogP contribution in [0.25, 0.3) is 11.4 Å². The zero-order valence-electron chi connectivity index (χ0n) is 14.7. The van der Waals surface area contributed by atoms with Gasteiger partial charge in [-0.25, -0.2) is 9.97 Å². The van der Waals surface area contributed by atoms with E-state index in [0.717, 1.165) is 36.6 Å². The molecule has 3 rings (SSSR count). The first-order chi connectivity index (χ1) is 11.9. The molecule has 1 atom stereocenters. The molecular weight excluding hydrogens is 320 g/mol. The highest BCUT2D eigenvalue weighted by Crippen LogP contribution is 2.27. The van der Waals surface area contributed by atoms with Gasteiger partial charge in [0.1, 0.15) is 5.82 Å². The molecule has 1 aromatic heterocycles. The molecular formula is C18H22N4O3. The number of aryl methyl sites for hydroxylation is 1. The number of hydrogen-bond donors (Lipinski definition) is 0. The van der Waals surface area contributed by atoms with Crippen LogP contribution in [0.2, 0.25) is 0 Å². The third kappa shape index (κ3) is 3.76. The van der Waals surface area contributed by atoms with E-state index in [0.29, 0.717) is 12.4 Å². The Morgan fingerprint density at radius 2 is 2.04 bits per heavy atom. The third-order valence-electron chi connectivity index (χ3n) is 4.59. The molecule has 0 aliphatic carbocycles. The van der Waals surface area contributed by atoms with Crippen molar-refractivity contribution in [3.63, 3.8) is 0 Å². The molecule has 1 aromatic carbocycles. The number of nitro groups is 1. The highest BCUT2D eigenvalue weighted by molar-refractivity contribution is 5.60. The van der Waals surface area contributed by atoms with Gasteiger partial charge in [-0.05, 0) is 32.4 Å². The number of morpholine rings is 1. The van der Waals surface area contributed by atoms with E-state index in [2.05, 4.69) is 23.7 Å². The molecule has 2 heterocycles. The Balaban J connectivity index is 1.91. The molecule has 1 saturated heterocycles. The number of benzene rings is 1. The van der Waals surface area contributed by atoms with Crippen LogP contribution in [0.3, 0.4) is 0 Å². The van der Waals surface area contributed by atoms with Crippen molar-refractivity contribution in [2.24, 2.45) is 0 Å². The average molecular weight is 342 g/mol. The minimum atomic E-state index is -0.411. The lowest BCUT2D eigenvalue weighted by Gasteiger charge is -2.40. The molecule has 1 fully saturated rings. The van der Waals surface area contributed by atoms with Gasteiger partial charge in [-0.2, -0.15) is 0 Å². The summed E-state index contributed by atoms with van der Waals surface area (Å²) < 4.78 is 5.90. The molecule has 0 spiro atoms. The van der Waals surface area contributed by atoms with E-state index in [4.69, 9.17) is 9.72 Å². The molecule has 1 aliphatic rings. The Hall–Kier alpha value is -2.54. The van der Waals surface area contributed by atoms with E-state index in [-0.39, 0.29) is 11.3 Å². The van der Waals surface area contributed by atoms with Gasteiger partial charge >= 0.3 is 0 Å². The van der Waals surface area contributed by atoms with Gasteiger partial charge in [0.25, 0.3) is 5.69 Å². The Kier molecular flexibility index (Phi) is 4.67. The summed E-state index contributed by atoms with van der Waals surface area (Å²) in [6.07, 6.45) is 0.933. The highest BCUT2D eigenvalue weighted by Gasteiger charge is 2.31. The number of aromatic nitrogens is 2. The standard InChI is InChI=1S/C18H22N4O3/c1-4-18(3)12-21(9-10-25-18)16-11-13(2)19-17(20-16)14-5-7-15(8-6-14)22(23)24/h5-8,11H,4,9-10,12H2,1-3H3. The van der Waals surface area contributed by atoms with Gasteiger partial charge in [-0.3, -0.25) is 10.1 Å². The number of hydrogen-bond acceptors (Lipinski definition) is 6. The summed E-state index contributed by atoms with van der Waals surface area (Å²) in [4.78, 5) is 21.8. The van der Waals surface area contributed by atoms with Crippen LogP contribution >= 0.6 is 0 Å². The minimum Gasteiger partial charge on any atom is -0.372 e. The van der Waals surface area contributed by atoms with Crippen molar-refractivity contribution in [3.05, 3.63) is 46.1 Å². The molecule has 0 amide bonds. The molecule has 1 aliphatic heterocycles. The molecule has 25 heavy (non-hydrogen) atoms. The number of nitro benzene ring substituents is 1. The van der Waals surface area contributed by atoms with Crippen LogP contribution in [0.1, 0.15) is 26.0 Å². The lowest BCUT2D eigenvalue weighted by molar-refractivity contribution is -0.384. The van der Waals surface area contributed by atoms with Crippen LogP contribution in [0.5, 0.6) is 0 Å². The number of rotatable bonds is 4. The molecule has 132 valence electrons. The summed E-state index contributed by atoms with van der Waals surface area (Å²) in [6.45, 7) is 8.40. The lowest BCUT2D eigenvalue weighted by atomic mass is 10.0. The average Bonchev–Trinajstić information content (AvgIpc) is 2.61. The molecule has 0 saturated carbocycles. The molecule has 1 unspecified atom stereocenters. The summed E-state index contributed by atoms with van der Waals surface area (Å²) in [7, 11) is 0. The molecule has 0 radical (unpaired) electrons. The van der Waals surface area contributed by atoms with E-state index < -0.39 is 4.92 Å². The van der Waals surface area contributed by atoms with Gasteiger partial charge in [0.05, 0.1) is 17.1 Å². The molecule has 0 N–H and O–H groups in total. The van der Waals surface area contributed by atoms with E-state index in [1.54, 1.807) is 12.1 Å². The fraction of sp³-hybridized carbons (Fsp3) is 0.444. The van der Waals surface area contributed by atoms with Crippen LogP contribution in [0.4, 0.5) is 11.5 Å². The number of non-ortho nitro benzene ring substituents is 1. The summed E-state index contributed by atoms with van der Waals surface area (Å²) in [6, 6.07) is 8.29. The fourth-order valence-corrected chi connectivity index (χ4v) is 2.92. The lowest BCUT2D eigenvalue weighted by Crippen LogP contribution is -2.50. The van der Waals surface area contributed by atoms with Crippen molar-refractivity contribution in [1.82, 2.24) is 9.97 Å². The predicted octanol–water partition coefficient (Wildman–Crippen LogP) is 3.37. The van der Waals surface area contributed by atoms with E-state index in [9.17, 15) is 10.1 Å². The first-order valence-electron chi connectivity index (χ1n) is 8.39. The molecule has 2 aromatic rings. The maximum absolute atomic E-state index is 10.8. The second-order valence-corrected chi connectivity index (χ2v) is 6.57. The van der Waals surface area contributed by atoms with Crippen LogP contribution in [-0.2, 0) is 4.74 Å². The van der Waals surface area contributed by atoms with Gasteiger partial charge in [0.15, 0.2) is 5.82 Å². The van der Waals surface area contributed by atoms with Crippen molar-refractivity contribution in [2.45, 2.75) is 32.8 Å². The van der Waals surface area contributed by atoms with Gasteiger partial charge in [-0.15, -0.1) is 0 Å². The SMILES string of the molecule is CCC1(C)CN(c2cc(C)nc(-c3ccc([N+](=O)[O-])cc3)n2)CCO1. The smallest absolute Gasteiger partial charge is 0.269 e. The maximum atomic E-state index is 10.8. The molecule has 7 heteroatoms. The largest absolute Gasteiger partial charge is 0.372 e. The number of ether oxygens (including phenoxy) is 1. The Morgan fingerprint density at radius 3 is 2.68 bits per heavy atom. The zero-order valence-corrected chi connectivity index (χ0v) is 14.7. The van der Waals surface area contributed by atoms with Crippen molar-refractivity contribution in [3.8, 4) is 11.4 Å². The topological polar surface area (TPSA) is 81.4 Å². The van der Waals surface area contributed by atoms with Crippen LogP contribution in [0.15, 0.2) is 30.3 Å².